The monoisotopic (exact) mass is 381 g/mol. The number of benzene rings is 3. The van der Waals surface area contributed by atoms with E-state index in [1.54, 1.807) is 60.7 Å². The first-order valence-corrected chi connectivity index (χ1v) is 9.82. The topological polar surface area (TPSA) is 86.5 Å². The number of esters is 1. The molecular weight excluding hydrogens is 365 g/mol. The second-order valence-electron chi connectivity index (χ2n) is 5.78. The summed E-state index contributed by atoms with van der Waals surface area (Å²) in [6.07, 6.45) is 0. The van der Waals surface area contributed by atoms with Crippen LogP contribution in [-0.4, -0.2) is 10.9 Å². The number of hydrogen-bond acceptors (Lipinski definition) is 5. The van der Waals surface area contributed by atoms with Crippen LogP contribution in [0.15, 0.2) is 78.9 Å². The van der Waals surface area contributed by atoms with E-state index in [2.05, 4.69) is 0 Å². The Labute approximate surface area is 155 Å². The number of non-ortho nitro benzene ring substituents is 1. The van der Waals surface area contributed by atoms with Crippen molar-refractivity contribution in [3.8, 4) is 5.75 Å². The Morgan fingerprint density at radius 1 is 0.926 bits per heavy atom. The van der Waals surface area contributed by atoms with Crippen molar-refractivity contribution in [2.75, 3.05) is 0 Å². The molecule has 3 rings (SSSR count). The van der Waals surface area contributed by atoms with Crippen molar-refractivity contribution in [2.24, 2.45) is 0 Å². The summed E-state index contributed by atoms with van der Waals surface area (Å²) in [6, 6.07) is 21.1. The Hall–Kier alpha value is -3.24. The molecule has 0 unspecified atom stereocenters. The largest absolute Gasteiger partial charge is 0.426 e. The van der Waals surface area contributed by atoms with Crippen LogP contribution in [0.3, 0.4) is 0 Å². The van der Waals surface area contributed by atoms with Crippen LogP contribution in [0.1, 0.15) is 6.92 Å². The molecule has 0 spiro atoms. The van der Waals surface area contributed by atoms with E-state index in [0.717, 1.165) is 0 Å². The van der Waals surface area contributed by atoms with Gasteiger partial charge in [0.25, 0.3) is 5.69 Å². The number of nitro benzene ring substituents is 1. The molecule has 3 aromatic carbocycles. The van der Waals surface area contributed by atoms with E-state index in [1.807, 2.05) is 0 Å². The summed E-state index contributed by atoms with van der Waals surface area (Å²) in [5, 5.41) is 12.4. The Morgan fingerprint density at radius 3 is 1.89 bits per heavy atom. The Morgan fingerprint density at radius 2 is 1.44 bits per heavy atom. The van der Waals surface area contributed by atoms with Gasteiger partial charge in [0.1, 0.15) is 5.75 Å². The molecule has 0 fully saturated rings. The van der Waals surface area contributed by atoms with E-state index in [0.29, 0.717) is 10.6 Å². The predicted octanol–water partition coefficient (Wildman–Crippen LogP) is 3.16. The van der Waals surface area contributed by atoms with Crippen LogP contribution in [0.5, 0.6) is 5.75 Å². The molecule has 0 saturated carbocycles. The number of rotatable bonds is 5. The van der Waals surface area contributed by atoms with Crippen LogP contribution in [0.2, 0.25) is 0 Å². The maximum Gasteiger partial charge on any atom is 0.308 e. The van der Waals surface area contributed by atoms with E-state index >= 15 is 0 Å². The molecule has 0 aliphatic rings. The minimum atomic E-state index is -3.52. The van der Waals surface area contributed by atoms with Gasteiger partial charge in [-0.25, -0.2) is 0 Å². The number of nitrogens with zero attached hydrogens (tertiary/aromatic N) is 1. The van der Waals surface area contributed by atoms with Crippen molar-refractivity contribution < 1.29 is 19.0 Å². The normalized spacial score (nSPS) is 11.0. The maximum absolute atomic E-state index is 14.4. The summed E-state index contributed by atoms with van der Waals surface area (Å²) >= 11 is 0. The fourth-order valence-corrected chi connectivity index (χ4v) is 5.59. The minimum Gasteiger partial charge on any atom is -0.426 e. The van der Waals surface area contributed by atoms with Gasteiger partial charge in [-0.1, -0.05) is 60.7 Å². The zero-order valence-electron chi connectivity index (χ0n) is 14.4. The number of ether oxygens (including phenoxy) is 1. The third-order valence-corrected chi connectivity index (χ3v) is 7.06. The molecule has 0 saturated heterocycles. The first-order chi connectivity index (χ1) is 12.9. The van der Waals surface area contributed by atoms with Crippen molar-refractivity contribution in [3.63, 3.8) is 0 Å². The molecule has 0 radical (unpaired) electrons. The van der Waals surface area contributed by atoms with Crippen LogP contribution >= 0.6 is 7.14 Å². The lowest BCUT2D eigenvalue weighted by Gasteiger charge is -2.21. The van der Waals surface area contributed by atoms with E-state index in [-0.39, 0.29) is 16.7 Å². The van der Waals surface area contributed by atoms with Crippen LogP contribution in [0.4, 0.5) is 5.69 Å². The fraction of sp³-hybridized carbons (Fsp3) is 0.0500. The van der Waals surface area contributed by atoms with Crippen LogP contribution in [-0.2, 0) is 9.36 Å². The zero-order chi connectivity index (χ0) is 19.4. The Kier molecular flexibility index (Phi) is 5.19. The minimum absolute atomic E-state index is 0.0455. The summed E-state index contributed by atoms with van der Waals surface area (Å²) in [5.41, 5.74) is -0.229. The summed E-state index contributed by atoms with van der Waals surface area (Å²) in [6.45, 7) is 1.22. The highest BCUT2D eigenvalue weighted by Crippen LogP contribution is 2.45. The van der Waals surface area contributed by atoms with Crippen molar-refractivity contribution in [1.29, 1.82) is 0 Å². The van der Waals surface area contributed by atoms with Gasteiger partial charge in [0.15, 0.2) is 7.14 Å². The molecule has 0 aliphatic carbocycles. The highest BCUT2D eigenvalue weighted by Gasteiger charge is 2.34. The van der Waals surface area contributed by atoms with Gasteiger partial charge >= 0.3 is 5.97 Å². The summed E-state index contributed by atoms with van der Waals surface area (Å²) in [4.78, 5) is 22.3. The molecule has 0 heterocycles. The summed E-state index contributed by atoms with van der Waals surface area (Å²) in [7, 11) is -3.52. The van der Waals surface area contributed by atoms with Crippen LogP contribution < -0.4 is 20.7 Å². The van der Waals surface area contributed by atoms with E-state index in [9.17, 15) is 19.5 Å². The fourth-order valence-electron chi connectivity index (χ4n) is 2.81. The highest BCUT2D eigenvalue weighted by atomic mass is 31.2. The van der Waals surface area contributed by atoms with Crippen molar-refractivity contribution in [1.82, 2.24) is 0 Å². The quantitative estimate of drug-likeness (QED) is 0.223. The first-order valence-electron chi connectivity index (χ1n) is 8.11. The van der Waals surface area contributed by atoms with Gasteiger partial charge in [-0.05, 0) is 6.07 Å². The van der Waals surface area contributed by atoms with Gasteiger partial charge in [-0.15, -0.1) is 0 Å². The SMILES string of the molecule is CC(=O)Oc1ccc([N+](=O)[O-])cc1P(=O)(c1ccccc1)c1ccccc1. The lowest BCUT2D eigenvalue weighted by atomic mass is 10.3. The molecule has 0 atom stereocenters. The lowest BCUT2D eigenvalue weighted by Crippen LogP contribution is -2.27. The second-order valence-corrected chi connectivity index (χ2v) is 8.52. The number of nitro groups is 1. The van der Waals surface area contributed by atoms with Gasteiger partial charge in [0.2, 0.25) is 0 Å². The Balaban J connectivity index is 2.36. The van der Waals surface area contributed by atoms with E-state index < -0.39 is 18.0 Å². The molecule has 6 nitrogen and oxygen atoms in total. The number of hydrogen-bond donors (Lipinski definition) is 0. The van der Waals surface area contributed by atoms with E-state index in [4.69, 9.17) is 4.74 Å². The first kappa shape index (κ1) is 18.5. The highest BCUT2D eigenvalue weighted by molar-refractivity contribution is 7.85. The second kappa shape index (κ2) is 7.56. The molecule has 3 aromatic rings. The molecule has 136 valence electrons. The average molecular weight is 381 g/mol. The molecule has 0 N–H and O–H groups in total. The number of carbonyl (C=O) groups excluding carboxylic acids is 1. The van der Waals surface area contributed by atoms with Gasteiger partial charge in [0, 0.05) is 29.7 Å². The van der Waals surface area contributed by atoms with Gasteiger partial charge in [-0.3, -0.25) is 14.9 Å². The maximum atomic E-state index is 14.4. The van der Waals surface area contributed by atoms with Crippen molar-refractivity contribution in [2.45, 2.75) is 6.92 Å². The van der Waals surface area contributed by atoms with Crippen molar-refractivity contribution in [3.05, 3.63) is 89.0 Å². The lowest BCUT2D eigenvalue weighted by molar-refractivity contribution is -0.384. The van der Waals surface area contributed by atoms with Crippen LogP contribution in [0, 0.1) is 10.1 Å². The average Bonchev–Trinajstić information content (AvgIpc) is 2.68. The molecule has 0 aromatic heterocycles. The van der Waals surface area contributed by atoms with Gasteiger partial charge in [0.05, 0.1) is 10.2 Å². The molecule has 27 heavy (non-hydrogen) atoms. The zero-order valence-corrected chi connectivity index (χ0v) is 15.3. The molecule has 0 bridgehead atoms. The predicted molar refractivity (Wildman–Crippen MR) is 104 cm³/mol. The van der Waals surface area contributed by atoms with Crippen LogP contribution in [0.25, 0.3) is 0 Å². The van der Waals surface area contributed by atoms with E-state index in [1.165, 1.54) is 25.1 Å². The smallest absolute Gasteiger partial charge is 0.308 e. The molecular formula is C20H16NO5P. The standard InChI is InChI=1S/C20H16NO5P/c1-15(22)26-19-13-12-16(21(23)24)14-20(19)27(25,17-8-4-2-5-9-17)18-10-6-3-7-11-18/h2-14H,1H3. The Bertz CT molecular complexity index is 991. The van der Waals surface area contributed by atoms with Gasteiger partial charge in [-0.2, -0.15) is 0 Å². The number of carbonyl (C=O) groups is 1. The molecule has 0 amide bonds. The van der Waals surface area contributed by atoms with Gasteiger partial charge < -0.3 is 9.30 Å². The molecule has 0 aliphatic heterocycles. The molecule has 7 heteroatoms. The third kappa shape index (κ3) is 3.66. The summed E-state index contributed by atoms with van der Waals surface area (Å²) in [5.74, 6) is -0.554. The third-order valence-electron chi connectivity index (χ3n) is 3.99. The van der Waals surface area contributed by atoms with Crippen molar-refractivity contribution >= 4 is 34.7 Å². The summed E-state index contributed by atoms with van der Waals surface area (Å²) < 4.78 is 19.6.